The Bertz CT molecular complexity index is 94.7. The first-order valence-corrected chi connectivity index (χ1v) is 3.25. The predicted octanol–water partition coefficient (Wildman–Crippen LogP) is 2.14. The lowest BCUT2D eigenvalue weighted by molar-refractivity contribution is 0.578. The number of hydrogen-bond acceptors (Lipinski definition) is 2. The van der Waals surface area contributed by atoms with Crippen LogP contribution in [0.3, 0.4) is 0 Å². The minimum atomic E-state index is 0.658. The van der Waals surface area contributed by atoms with Gasteiger partial charge in [0, 0.05) is 0 Å². The quantitative estimate of drug-likeness (QED) is 0.420. The second kappa shape index (κ2) is 4.95. The number of rotatable bonds is 3. The maximum atomic E-state index is 4.40. The van der Waals surface area contributed by atoms with E-state index in [1.807, 2.05) is 0 Å². The molecule has 1 nitrogen and oxygen atoms in total. The second-order valence-electron chi connectivity index (χ2n) is 1.95. The third-order valence-electron chi connectivity index (χ3n) is 1.16. The second-order valence-corrected chi connectivity index (χ2v) is 2.13. The summed E-state index contributed by atoms with van der Waals surface area (Å²) in [7, 11) is 0. The van der Waals surface area contributed by atoms with Crippen molar-refractivity contribution < 1.29 is 0 Å². The molecule has 0 amide bonds. The van der Waals surface area contributed by atoms with Crippen LogP contribution < -0.4 is 0 Å². The fraction of sp³-hybridized carbons (Fsp3) is 0.833. The first kappa shape index (κ1) is 7.80. The van der Waals surface area contributed by atoms with E-state index in [4.69, 9.17) is 0 Å². The maximum Gasteiger partial charge on any atom is 0.0585 e. The topological polar surface area (TPSA) is 12.4 Å². The van der Waals surface area contributed by atoms with Crippen LogP contribution in [0, 0.1) is 5.92 Å². The summed E-state index contributed by atoms with van der Waals surface area (Å²) in [5.41, 5.74) is 0. The van der Waals surface area contributed by atoms with E-state index in [1.54, 1.807) is 0 Å². The molecule has 1 atom stereocenters. The molecule has 0 rings (SSSR count). The van der Waals surface area contributed by atoms with Crippen LogP contribution >= 0.6 is 12.2 Å². The molecule has 0 aliphatic heterocycles. The highest BCUT2D eigenvalue weighted by molar-refractivity contribution is 7.78. The molecule has 0 bridgehead atoms. The zero-order chi connectivity index (χ0) is 6.41. The van der Waals surface area contributed by atoms with Gasteiger partial charge in [-0.2, -0.15) is 0 Å². The third kappa shape index (κ3) is 3.97. The van der Waals surface area contributed by atoms with Crippen LogP contribution in [-0.2, 0) is 0 Å². The van der Waals surface area contributed by atoms with Gasteiger partial charge in [-0.15, -0.1) is 0 Å². The van der Waals surface area contributed by atoms with Crippen molar-refractivity contribution in [1.82, 2.24) is 0 Å². The van der Waals surface area contributed by atoms with E-state index in [0.29, 0.717) is 5.92 Å². The van der Waals surface area contributed by atoms with E-state index in [2.05, 4.69) is 36.2 Å². The fourth-order valence-corrected chi connectivity index (χ4v) is 0.397. The fourth-order valence-electron chi connectivity index (χ4n) is 0.322. The zero-order valence-electron chi connectivity index (χ0n) is 5.35. The van der Waals surface area contributed by atoms with Crippen LogP contribution in [0.2, 0.25) is 0 Å². The van der Waals surface area contributed by atoms with E-state index in [9.17, 15) is 0 Å². The summed E-state index contributed by atoms with van der Waals surface area (Å²) in [4.78, 5) is 3.81. The molecular weight excluding hydrogens is 118 g/mol. The predicted molar refractivity (Wildman–Crippen MR) is 39.3 cm³/mol. The zero-order valence-corrected chi connectivity index (χ0v) is 6.16. The van der Waals surface area contributed by atoms with Crippen molar-refractivity contribution in [3.63, 3.8) is 0 Å². The lowest BCUT2D eigenvalue weighted by Gasteiger charge is -1.99. The lowest BCUT2D eigenvalue weighted by atomic mass is 10.1. The summed E-state index contributed by atoms with van der Waals surface area (Å²) in [5.74, 6) is 0.658. The van der Waals surface area contributed by atoms with Crippen molar-refractivity contribution in [2.24, 2.45) is 10.9 Å². The highest BCUT2D eigenvalue weighted by atomic mass is 32.1. The summed E-state index contributed by atoms with van der Waals surface area (Å²) in [6.07, 6.45) is 1.17. The molecule has 2 heteroatoms. The molecule has 0 aromatic heterocycles. The van der Waals surface area contributed by atoms with Crippen LogP contribution in [-0.4, -0.2) is 11.7 Å². The largest absolute Gasteiger partial charge is 0.232 e. The van der Waals surface area contributed by atoms with Crippen LogP contribution in [0.4, 0.5) is 0 Å². The molecule has 0 aromatic rings. The van der Waals surface area contributed by atoms with Crippen LogP contribution in [0.1, 0.15) is 20.3 Å². The SMILES string of the molecule is CCC(C)CN=C=S. The maximum absolute atomic E-state index is 4.40. The summed E-state index contributed by atoms with van der Waals surface area (Å²) in [5, 5.41) is 2.34. The summed E-state index contributed by atoms with van der Waals surface area (Å²) >= 11 is 4.40. The van der Waals surface area contributed by atoms with E-state index < -0.39 is 0 Å². The molecule has 0 spiro atoms. The highest BCUT2D eigenvalue weighted by Gasteiger charge is 1.92. The number of aliphatic imine (C=N–C) groups is 1. The average molecular weight is 129 g/mol. The van der Waals surface area contributed by atoms with Gasteiger partial charge in [0.05, 0.1) is 11.7 Å². The number of isothiocyanates is 1. The van der Waals surface area contributed by atoms with E-state index in [1.165, 1.54) is 6.42 Å². The Labute approximate surface area is 55.8 Å². The smallest absolute Gasteiger partial charge is 0.0585 e. The molecule has 0 radical (unpaired) electrons. The Morgan fingerprint density at radius 2 is 2.38 bits per heavy atom. The lowest BCUT2D eigenvalue weighted by Crippen LogP contribution is -1.94. The Morgan fingerprint density at radius 3 is 2.75 bits per heavy atom. The Morgan fingerprint density at radius 1 is 1.75 bits per heavy atom. The van der Waals surface area contributed by atoms with Gasteiger partial charge in [0.15, 0.2) is 0 Å². The van der Waals surface area contributed by atoms with Crippen molar-refractivity contribution in [3.8, 4) is 0 Å². The monoisotopic (exact) mass is 129 g/mol. The average Bonchev–Trinajstić information content (AvgIpc) is 1.83. The molecule has 0 N–H and O–H groups in total. The Balaban J connectivity index is 3.23. The van der Waals surface area contributed by atoms with Crippen molar-refractivity contribution in [1.29, 1.82) is 0 Å². The molecule has 0 saturated carbocycles. The molecule has 0 fully saturated rings. The van der Waals surface area contributed by atoms with Crippen LogP contribution in [0.25, 0.3) is 0 Å². The Hall–Kier alpha value is -0.200. The first-order chi connectivity index (χ1) is 3.81. The molecule has 0 saturated heterocycles. The highest BCUT2D eigenvalue weighted by Crippen LogP contribution is 1.98. The normalized spacial score (nSPS) is 12.2. The van der Waals surface area contributed by atoms with Crippen molar-refractivity contribution in [2.75, 3.05) is 6.54 Å². The van der Waals surface area contributed by atoms with Gasteiger partial charge in [-0.25, -0.2) is 4.99 Å². The Kier molecular flexibility index (Phi) is 4.82. The molecular formula is C6H11NS. The minimum absolute atomic E-state index is 0.658. The molecule has 0 heterocycles. The molecule has 8 heavy (non-hydrogen) atoms. The molecule has 46 valence electrons. The number of thiocarbonyl (C=S) groups is 1. The van der Waals surface area contributed by atoms with Crippen molar-refractivity contribution >= 4 is 17.4 Å². The van der Waals surface area contributed by atoms with Gasteiger partial charge < -0.3 is 0 Å². The van der Waals surface area contributed by atoms with Gasteiger partial charge in [0.2, 0.25) is 0 Å². The third-order valence-corrected chi connectivity index (χ3v) is 1.29. The van der Waals surface area contributed by atoms with Crippen molar-refractivity contribution in [3.05, 3.63) is 0 Å². The van der Waals surface area contributed by atoms with E-state index in [0.717, 1.165) is 6.54 Å². The van der Waals surface area contributed by atoms with Crippen molar-refractivity contribution in [2.45, 2.75) is 20.3 Å². The summed E-state index contributed by atoms with van der Waals surface area (Å²) in [6, 6.07) is 0. The summed E-state index contributed by atoms with van der Waals surface area (Å²) < 4.78 is 0. The van der Waals surface area contributed by atoms with E-state index in [-0.39, 0.29) is 0 Å². The number of nitrogens with zero attached hydrogens (tertiary/aromatic N) is 1. The van der Waals surface area contributed by atoms with Gasteiger partial charge in [0.25, 0.3) is 0 Å². The van der Waals surface area contributed by atoms with Crippen LogP contribution in [0.5, 0.6) is 0 Å². The molecule has 0 aliphatic rings. The van der Waals surface area contributed by atoms with Crippen LogP contribution in [0.15, 0.2) is 4.99 Å². The molecule has 0 aromatic carbocycles. The molecule has 0 aliphatic carbocycles. The minimum Gasteiger partial charge on any atom is -0.232 e. The molecule has 1 unspecified atom stereocenters. The van der Waals surface area contributed by atoms with E-state index >= 15 is 0 Å². The summed E-state index contributed by atoms with van der Waals surface area (Å²) in [6.45, 7) is 5.12. The van der Waals surface area contributed by atoms with Gasteiger partial charge in [-0.05, 0) is 18.1 Å². The van der Waals surface area contributed by atoms with Gasteiger partial charge in [-0.1, -0.05) is 20.3 Å². The standard InChI is InChI=1S/C6H11NS/c1-3-6(2)4-7-5-8/h6H,3-4H2,1-2H3. The first-order valence-electron chi connectivity index (χ1n) is 2.84. The van der Waals surface area contributed by atoms with Gasteiger partial charge in [-0.3, -0.25) is 0 Å². The van der Waals surface area contributed by atoms with Gasteiger partial charge in [0.1, 0.15) is 0 Å². The number of hydrogen-bond donors (Lipinski definition) is 0. The van der Waals surface area contributed by atoms with Gasteiger partial charge >= 0.3 is 0 Å².